The van der Waals surface area contributed by atoms with Crippen LogP contribution in [0, 0.1) is 12.7 Å². The van der Waals surface area contributed by atoms with Crippen molar-refractivity contribution in [2.75, 3.05) is 7.11 Å². The van der Waals surface area contributed by atoms with Crippen LogP contribution < -0.4 is 10.1 Å². The number of aromatic nitrogens is 4. The SMILES string of the molecule is COc1ccccc1[C@H](NC(=O)c1cnn(-c2ccc(F)cc2)c1C)c1nccn1C. The fourth-order valence-corrected chi connectivity index (χ4v) is 3.53. The minimum atomic E-state index is -0.530. The van der Waals surface area contributed by atoms with Gasteiger partial charge in [0.1, 0.15) is 23.4 Å². The number of para-hydroxylation sites is 1. The van der Waals surface area contributed by atoms with E-state index >= 15 is 0 Å². The number of nitrogens with one attached hydrogen (secondary N) is 1. The summed E-state index contributed by atoms with van der Waals surface area (Å²) in [7, 11) is 3.46. The third-order valence-corrected chi connectivity index (χ3v) is 5.17. The minimum Gasteiger partial charge on any atom is -0.496 e. The van der Waals surface area contributed by atoms with Crippen LogP contribution >= 0.6 is 0 Å². The van der Waals surface area contributed by atoms with Crippen LogP contribution in [-0.4, -0.2) is 32.3 Å². The fourth-order valence-electron chi connectivity index (χ4n) is 3.53. The van der Waals surface area contributed by atoms with E-state index in [1.54, 1.807) is 37.0 Å². The van der Waals surface area contributed by atoms with Crippen molar-refractivity contribution in [3.05, 3.63) is 95.6 Å². The Morgan fingerprint density at radius 2 is 1.90 bits per heavy atom. The van der Waals surface area contributed by atoms with Crippen molar-refractivity contribution in [2.24, 2.45) is 7.05 Å². The highest BCUT2D eigenvalue weighted by Gasteiger charge is 2.26. The molecule has 1 N–H and O–H groups in total. The predicted molar refractivity (Wildman–Crippen MR) is 114 cm³/mol. The largest absolute Gasteiger partial charge is 0.496 e. The van der Waals surface area contributed by atoms with Gasteiger partial charge in [-0.25, -0.2) is 14.1 Å². The van der Waals surface area contributed by atoms with Gasteiger partial charge in [0, 0.05) is 25.0 Å². The van der Waals surface area contributed by atoms with E-state index in [4.69, 9.17) is 4.74 Å². The van der Waals surface area contributed by atoms with Gasteiger partial charge in [0.2, 0.25) is 0 Å². The third-order valence-electron chi connectivity index (χ3n) is 5.17. The highest BCUT2D eigenvalue weighted by atomic mass is 19.1. The Morgan fingerprint density at radius 3 is 2.58 bits per heavy atom. The van der Waals surface area contributed by atoms with E-state index in [1.165, 1.54) is 18.3 Å². The fraction of sp³-hybridized carbons (Fsp3) is 0.174. The molecule has 2 heterocycles. The molecule has 0 fully saturated rings. The molecule has 2 aromatic carbocycles. The van der Waals surface area contributed by atoms with Crippen LogP contribution in [0.15, 0.2) is 67.1 Å². The lowest BCUT2D eigenvalue weighted by Crippen LogP contribution is -2.31. The van der Waals surface area contributed by atoms with Crippen molar-refractivity contribution in [1.29, 1.82) is 0 Å². The lowest BCUT2D eigenvalue weighted by atomic mass is 10.0. The van der Waals surface area contributed by atoms with Crippen molar-refractivity contribution in [1.82, 2.24) is 24.6 Å². The average Bonchev–Trinajstić information content (AvgIpc) is 3.38. The molecular formula is C23H22FN5O2. The third kappa shape index (κ3) is 3.92. The molecule has 0 aliphatic heterocycles. The second-order valence-corrected chi connectivity index (χ2v) is 7.08. The number of hydrogen-bond acceptors (Lipinski definition) is 4. The van der Waals surface area contributed by atoms with Crippen molar-refractivity contribution >= 4 is 5.91 Å². The number of aryl methyl sites for hydroxylation is 1. The maximum absolute atomic E-state index is 13.3. The smallest absolute Gasteiger partial charge is 0.255 e. The van der Waals surface area contributed by atoms with Crippen LogP contribution in [0.1, 0.15) is 33.5 Å². The predicted octanol–water partition coefficient (Wildman–Crippen LogP) is 3.58. The van der Waals surface area contributed by atoms with Crippen LogP contribution in [0.4, 0.5) is 4.39 Å². The van der Waals surface area contributed by atoms with Gasteiger partial charge in [0.25, 0.3) is 5.91 Å². The summed E-state index contributed by atoms with van der Waals surface area (Å²) in [5, 5.41) is 7.39. The number of methoxy groups -OCH3 is 1. The first-order valence-electron chi connectivity index (χ1n) is 9.71. The lowest BCUT2D eigenvalue weighted by Gasteiger charge is -2.21. The zero-order valence-electron chi connectivity index (χ0n) is 17.4. The number of amides is 1. The average molecular weight is 419 g/mol. The zero-order chi connectivity index (χ0) is 22.0. The van der Waals surface area contributed by atoms with Gasteiger partial charge in [-0.1, -0.05) is 18.2 Å². The van der Waals surface area contributed by atoms with Crippen molar-refractivity contribution < 1.29 is 13.9 Å². The first-order valence-corrected chi connectivity index (χ1v) is 9.71. The summed E-state index contributed by atoms with van der Waals surface area (Å²) in [6.45, 7) is 1.80. The van der Waals surface area contributed by atoms with Crippen molar-refractivity contribution in [3.8, 4) is 11.4 Å². The van der Waals surface area contributed by atoms with E-state index in [1.807, 2.05) is 42.1 Å². The van der Waals surface area contributed by atoms with Gasteiger partial charge in [0.05, 0.1) is 30.3 Å². The van der Waals surface area contributed by atoms with Gasteiger partial charge in [-0.3, -0.25) is 4.79 Å². The first kappa shape index (κ1) is 20.3. The van der Waals surface area contributed by atoms with Crippen LogP contribution in [0.3, 0.4) is 0 Å². The molecule has 1 amide bonds. The number of carbonyl (C=O) groups excluding carboxylic acids is 1. The maximum Gasteiger partial charge on any atom is 0.255 e. The number of rotatable bonds is 6. The number of nitrogens with zero attached hydrogens (tertiary/aromatic N) is 4. The number of imidazole rings is 1. The van der Waals surface area contributed by atoms with Gasteiger partial charge < -0.3 is 14.6 Å². The second-order valence-electron chi connectivity index (χ2n) is 7.08. The molecule has 8 heteroatoms. The molecule has 0 aliphatic carbocycles. The molecule has 1 atom stereocenters. The van der Waals surface area contributed by atoms with Crippen LogP contribution in [0.5, 0.6) is 5.75 Å². The van der Waals surface area contributed by atoms with Crippen LogP contribution in [-0.2, 0) is 7.05 Å². The van der Waals surface area contributed by atoms with Crippen molar-refractivity contribution in [2.45, 2.75) is 13.0 Å². The Kier molecular flexibility index (Phi) is 5.53. The summed E-state index contributed by atoms with van der Waals surface area (Å²) < 4.78 is 22.2. The quantitative estimate of drug-likeness (QED) is 0.518. The summed E-state index contributed by atoms with van der Waals surface area (Å²) in [6, 6.07) is 12.9. The monoisotopic (exact) mass is 419 g/mol. The first-order chi connectivity index (χ1) is 15.0. The van der Waals surface area contributed by atoms with E-state index in [-0.39, 0.29) is 11.7 Å². The molecule has 158 valence electrons. The molecule has 0 saturated carbocycles. The topological polar surface area (TPSA) is 74.0 Å². The van der Waals surface area contributed by atoms with Gasteiger partial charge in [-0.05, 0) is 37.3 Å². The van der Waals surface area contributed by atoms with Crippen LogP contribution in [0.25, 0.3) is 5.69 Å². The molecule has 0 saturated heterocycles. The standard InChI is InChI=1S/C23H22FN5O2/c1-15-19(14-26-29(15)17-10-8-16(24)9-11-17)23(30)27-21(22-25-12-13-28(22)2)18-6-4-5-7-20(18)31-3/h4-14,21H,1-3H3,(H,27,30)/t21-/m0/s1. The molecule has 0 spiro atoms. The Hall–Kier alpha value is -3.94. The molecule has 0 radical (unpaired) electrons. The van der Waals surface area contributed by atoms with E-state index in [0.29, 0.717) is 28.5 Å². The number of carbonyl (C=O) groups is 1. The van der Waals surface area contributed by atoms with Gasteiger partial charge in [0.15, 0.2) is 0 Å². The summed E-state index contributed by atoms with van der Waals surface area (Å²) in [5.74, 6) is 0.682. The molecular weight excluding hydrogens is 397 g/mol. The highest BCUT2D eigenvalue weighted by Crippen LogP contribution is 2.29. The highest BCUT2D eigenvalue weighted by molar-refractivity contribution is 5.95. The molecule has 0 bridgehead atoms. The molecule has 31 heavy (non-hydrogen) atoms. The van der Waals surface area contributed by atoms with Crippen LogP contribution in [0.2, 0.25) is 0 Å². The molecule has 4 aromatic rings. The summed E-state index contributed by atoms with van der Waals surface area (Å²) >= 11 is 0. The van der Waals surface area contributed by atoms with Gasteiger partial charge in [-0.15, -0.1) is 0 Å². The Morgan fingerprint density at radius 1 is 1.16 bits per heavy atom. The molecule has 4 rings (SSSR count). The molecule has 7 nitrogen and oxygen atoms in total. The number of ether oxygens (including phenoxy) is 1. The Bertz CT molecular complexity index is 1210. The molecule has 0 aliphatic rings. The maximum atomic E-state index is 13.3. The number of halogens is 1. The number of hydrogen-bond donors (Lipinski definition) is 1. The number of benzene rings is 2. The molecule has 2 aromatic heterocycles. The summed E-state index contributed by atoms with van der Waals surface area (Å²) in [4.78, 5) is 17.7. The van der Waals surface area contributed by atoms with Gasteiger partial charge in [-0.2, -0.15) is 5.10 Å². The normalized spacial score (nSPS) is 11.9. The van der Waals surface area contributed by atoms with E-state index in [2.05, 4.69) is 15.4 Å². The minimum absolute atomic E-state index is 0.301. The Balaban J connectivity index is 1.69. The van der Waals surface area contributed by atoms with E-state index in [9.17, 15) is 9.18 Å². The molecule has 0 unspecified atom stereocenters. The summed E-state index contributed by atoms with van der Waals surface area (Å²) in [5.41, 5.74) is 2.51. The summed E-state index contributed by atoms with van der Waals surface area (Å²) in [6.07, 6.45) is 5.01. The van der Waals surface area contributed by atoms with E-state index in [0.717, 1.165) is 5.56 Å². The van der Waals surface area contributed by atoms with Crippen molar-refractivity contribution in [3.63, 3.8) is 0 Å². The van der Waals surface area contributed by atoms with E-state index < -0.39 is 6.04 Å². The lowest BCUT2D eigenvalue weighted by molar-refractivity contribution is 0.0940. The van der Waals surface area contributed by atoms with Gasteiger partial charge >= 0.3 is 0 Å². The second kappa shape index (κ2) is 8.43. The zero-order valence-corrected chi connectivity index (χ0v) is 17.4. The Labute approximate surface area is 179 Å².